The van der Waals surface area contributed by atoms with Crippen LogP contribution in [0.2, 0.25) is 0 Å². The number of halogens is 3. The number of carbonyl (C=O) groups excluding carboxylic acids is 2. The van der Waals surface area contributed by atoms with Crippen molar-refractivity contribution in [2.24, 2.45) is 23.5 Å². The predicted octanol–water partition coefficient (Wildman–Crippen LogP) is 2.03. The Balaban J connectivity index is 3.04. The smallest absolute Gasteiger partial charge is 0.382 e. The molecular formula is C18H25F3N2O3. The van der Waals surface area contributed by atoms with Crippen LogP contribution in [0, 0.1) is 17.8 Å². The molecule has 5 nitrogen and oxygen atoms in total. The number of primary amides is 1. The van der Waals surface area contributed by atoms with E-state index < -0.39 is 47.9 Å². The minimum absolute atomic E-state index is 0.143. The van der Waals surface area contributed by atoms with Crippen molar-refractivity contribution in [1.82, 2.24) is 5.32 Å². The molecule has 0 aliphatic heterocycles. The molecule has 146 valence electrons. The molecule has 0 aliphatic carbocycles. The van der Waals surface area contributed by atoms with Crippen LogP contribution in [0.25, 0.3) is 0 Å². The molecule has 0 spiro atoms. The first-order chi connectivity index (χ1) is 11.9. The Labute approximate surface area is 150 Å². The third-order valence-corrected chi connectivity index (χ3v) is 4.39. The summed E-state index contributed by atoms with van der Waals surface area (Å²) in [6, 6.07) is 7.26. The third kappa shape index (κ3) is 6.01. The van der Waals surface area contributed by atoms with Crippen LogP contribution in [0.3, 0.4) is 0 Å². The predicted molar refractivity (Wildman–Crippen MR) is 90.8 cm³/mol. The molecule has 4 atom stereocenters. The van der Waals surface area contributed by atoms with Gasteiger partial charge in [-0.25, -0.2) is 0 Å². The van der Waals surface area contributed by atoms with Gasteiger partial charge in [0.15, 0.2) is 6.10 Å². The Morgan fingerprint density at radius 3 is 2.12 bits per heavy atom. The summed E-state index contributed by atoms with van der Waals surface area (Å²) in [6.45, 7) is 4.38. The number of benzene rings is 1. The summed E-state index contributed by atoms with van der Waals surface area (Å²) in [5, 5.41) is 11.8. The Bertz CT molecular complexity index is 605. The molecule has 0 heterocycles. The molecule has 1 aromatic rings. The van der Waals surface area contributed by atoms with E-state index in [9.17, 15) is 27.9 Å². The van der Waals surface area contributed by atoms with Crippen LogP contribution in [0.1, 0.15) is 26.3 Å². The van der Waals surface area contributed by atoms with E-state index in [2.05, 4.69) is 5.32 Å². The second-order valence-corrected chi connectivity index (χ2v) is 6.75. The molecule has 26 heavy (non-hydrogen) atoms. The second kappa shape index (κ2) is 9.02. The molecule has 0 aromatic heterocycles. The minimum atomic E-state index is -4.87. The highest BCUT2D eigenvalue weighted by atomic mass is 19.4. The van der Waals surface area contributed by atoms with Gasteiger partial charge >= 0.3 is 6.18 Å². The number of carbonyl (C=O) groups is 2. The lowest BCUT2D eigenvalue weighted by molar-refractivity contribution is -0.215. The van der Waals surface area contributed by atoms with E-state index in [-0.39, 0.29) is 6.42 Å². The lowest BCUT2D eigenvalue weighted by atomic mass is 9.85. The molecule has 0 bridgehead atoms. The molecule has 1 unspecified atom stereocenters. The SMILES string of the molecule is CC(C(N)=O)[C@H](Cc1ccccc1)C(=O)N[C@@H](C(C)C)[C@H](O)C(F)(F)F. The van der Waals surface area contributed by atoms with Crippen LogP contribution in [0.15, 0.2) is 30.3 Å². The number of amides is 2. The maximum absolute atomic E-state index is 12.9. The molecule has 4 N–H and O–H groups in total. The van der Waals surface area contributed by atoms with Gasteiger partial charge in [-0.1, -0.05) is 51.1 Å². The molecule has 8 heteroatoms. The summed E-state index contributed by atoms with van der Waals surface area (Å²) in [4.78, 5) is 24.2. The molecule has 0 saturated heterocycles. The summed E-state index contributed by atoms with van der Waals surface area (Å²) in [7, 11) is 0. The van der Waals surface area contributed by atoms with Gasteiger partial charge < -0.3 is 16.2 Å². The van der Waals surface area contributed by atoms with E-state index >= 15 is 0 Å². The third-order valence-electron chi connectivity index (χ3n) is 4.39. The average Bonchev–Trinajstić information content (AvgIpc) is 2.55. The number of alkyl halides is 3. The molecule has 0 aliphatic rings. The van der Waals surface area contributed by atoms with Crippen LogP contribution < -0.4 is 11.1 Å². The van der Waals surface area contributed by atoms with Crippen molar-refractivity contribution in [3.8, 4) is 0 Å². The zero-order chi connectivity index (χ0) is 20.1. The fourth-order valence-corrected chi connectivity index (χ4v) is 2.65. The van der Waals surface area contributed by atoms with Crippen molar-refractivity contribution < 1.29 is 27.9 Å². The van der Waals surface area contributed by atoms with Gasteiger partial charge in [0.25, 0.3) is 0 Å². The van der Waals surface area contributed by atoms with E-state index in [1.54, 1.807) is 30.3 Å². The van der Waals surface area contributed by atoms with Gasteiger partial charge in [0.2, 0.25) is 11.8 Å². The standard InChI is InChI=1S/C18H25F3N2O3/c1-10(2)14(15(24)18(19,20)21)23-17(26)13(11(3)16(22)25)9-12-7-5-4-6-8-12/h4-8,10-11,13-15,24H,9H2,1-3H3,(H2,22,25)(H,23,26)/t11?,13-,14-,15-/m0/s1. The Hall–Kier alpha value is -2.09. The first-order valence-corrected chi connectivity index (χ1v) is 8.33. The number of nitrogens with two attached hydrogens (primary N) is 1. The first kappa shape index (κ1) is 22.0. The quantitative estimate of drug-likeness (QED) is 0.650. The summed E-state index contributed by atoms with van der Waals surface area (Å²) in [6.07, 6.45) is -7.43. The number of nitrogens with one attached hydrogen (secondary N) is 1. The Morgan fingerprint density at radius 2 is 1.69 bits per heavy atom. The van der Waals surface area contributed by atoms with Gasteiger partial charge in [0.05, 0.1) is 12.0 Å². The number of rotatable bonds is 8. The first-order valence-electron chi connectivity index (χ1n) is 8.33. The summed E-state index contributed by atoms with van der Waals surface area (Å²) in [5.74, 6) is -3.97. The molecule has 1 aromatic carbocycles. The zero-order valence-electron chi connectivity index (χ0n) is 15.0. The van der Waals surface area contributed by atoms with Crippen LogP contribution >= 0.6 is 0 Å². The molecule has 1 rings (SSSR count). The highest BCUT2D eigenvalue weighted by Crippen LogP contribution is 2.26. The van der Waals surface area contributed by atoms with Gasteiger partial charge in [-0.05, 0) is 17.9 Å². The molecular weight excluding hydrogens is 349 g/mol. The summed E-state index contributed by atoms with van der Waals surface area (Å²) < 4.78 is 38.6. The van der Waals surface area contributed by atoms with E-state index in [1.165, 1.54) is 20.8 Å². The normalized spacial score (nSPS) is 16.6. The minimum Gasteiger partial charge on any atom is -0.382 e. The van der Waals surface area contributed by atoms with Gasteiger partial charge in [-0.3, -0.25) is 9.59 Å². The molecule has 0 radical (unpaired) electrons. The van der Waals surface area contributed by atoms with Crippen LogP contribution in [-0.2, 0) is 16.0 Å². The lowest BCUT2D eigenvalue weighted by Crippen LogP contribution is -2.55. The van der Waals surface area contributed by atoms with E-state index in [0.717, 1.165) is 5.56 Å². The van der Waals surface area contributed by atoms with E-state index in [0.29, 0.717) is 0 Å². The number of hydrogen-bond donors (Lipinski definition) is 3. The Kier molecular flexibility index (Phi) is 7.62. The monoisotopic (exact) mass is 374 g/mol. The fraction of sp³-hybridized carbons (Fsp3) is 0.556. The van der Waals surface area contributed by atoms with Crippen molar-refractivity contribution in [3.05, 3.63) is 35.9 Å². The van der Waals surface area contributed by atoms with Crippen LogP contribution in [-0.4, -0.2) is 35.2 Å². The van der Waals surface area contributed by atoms with Crippen molar-refractivity contribution in [2.45, 2.75) is 45.5 Å². The largest absolute Gasteiger partial charge is 0.416 e. The molecule has 0 saturated carbocycles. The maximum atomic E-state index is 12.9. The fourth-order valence-electron chi connectivity index (χ4n) is 2.65. The molecule has 0 fully saturated rings. The summed E-state index contributed by atoms with van der Waals surface area (Å²) in [5.41, 5.74) is 6.05. The number of aliphatic hydroxyl groups is 1. The van der Waals surface area contributed by atoms with Crippen molar-refractivity contribution in [1.29, 1.82) is 0 Å². The van der Waals surface area contributed by atoms with Crippen molar-refractivity contribution in [2.75, 3.05) is 0 Å². The van der Waals surface area contributed by atoms with Crippen LogP contribution in [0.4, 0.5) is 13.2 Å². The van der Waals surface area contributed by atoms with Crippen molar-refractivity contribution in [3.63, 3.8) is 0 Å². The molecule has 2 amide bonds. The van der Waals surface area contributed by atoms with E-state index in [1.807, 2.05) is 0 Å². The van der Waals surface area contributed by atoms with Crippen LogP contribution in [0.5, 0.6) is 0 Å². The van der Waals surface area contributed by atoms with Gasteiger partial charge in [0, 0.05) is 5.92 Å². The average molecular weight is 374 g/mol. The number of hydrogen-bond acceptors (Lipinski definition) is 3. The number of aliphatic hydroxyl groups excluding tert-OH is 1. The Morgan fingerprint density at radius 1 is 1.15 bits per heavy atom. The topological polar surface area (TPSA) is 92.4 Å². The lowest BCUT2D eigenvalue weighted by Gasteiger charge is -2.31. The maximum Gasteiger partial charge on any atom is 0.416 e. The van der Waals surface area contributed by atoms with Gasteiger partial charge in [-0.2, -0.15) is 13.2 Å². The van der Waals surface area contributed by atoms with E-state index in [4.69, 9.17) is 5.73 Å². The van der Waals surface area contributed by atoms with Gasteiger partial charge in [-0.15, -0.1) is 0 Å². The zero-order valence-corrected chi connectivity index (χ0v) is 15.0. The second-order valence-electron chi connectivity index (χ2n) is 6.75. The highest BCUT2D eigenvalue weighted by molar-refractivity contribution is 5.87. The van der Waals surface area contributed by atoms with Gasteiger partial charge in [0.1, 0.15) is 0 Å². The summed E-state index contributed by atoms with van der Waals surface area (Å²) >= 11 is 0. The highest BCUT2D eigenvalue weighted by Gasteiger charge is 2.46. The van der Waals surface area contributed by atoms with Crippen molar-refractivity contribution >= 4 is 11.8 Å².